The van der Waals surface area contributed by atoms with E-state index >= 15 is 0 Å². The highest BCUT2D eigenvalue weighted by molar-refractivity contribution is 5.71. The Bertz CT molecular complexity index is 652. The number of benzene rings is 2. The molecule has 3 heteroatoms. The molecule has 0 aliphatic carbocycles. The van der Waals surface area contributed by atoms with Gasteiger partial charge >= 0.3 is 6.09 Å². The minimum absolute atomic E-state index is 0.0925. The van der Waals surface area contributed by atoms with Crippen LogP contribution in [0.2, 0.25) is 0 Å². The number of ether oxygens (including phenoxy) is 1. The first-order valence-corrected chi connectivity index (χ1v) is 7.48. The Labute approximate surface area is 130 Å². The lowest BCUT2D eigenvalue weighted by Crippen LogP contribution is -2.28. The molecule has 0 unspecified atom stereocenters. The summed E-state index contributed by atoms with van der Waals surface area (Å²) in [6.07, 6.45) is 3.37. The predicted molar refractivity (Wildman–Crippen MR) is 86.3 cm³/mol. The third-order valence-corrected chi connectivity index (χ3v) is 3.84. The maximum absolute atomic E-state index is 12.3. The molecule has 0 saturated carbocycles. The van der Waals surface area contributed by atoms with Crippen LogP contribution in [0.3, 0.4) is 0 Å². The lowest BCUT2D eigenvalue weighted by atomic mass is 10.00. The van der Waals surface area contributed by atoms with E-state index in [0.717, 1.165) is 11.1 Å². The first-order valence-electron chi connectivity index (χ1n) is 7.48. The molecule has 3 nitrogen and oxygen atoms in total. The molecule has 2 aromatic carbocycles. The number of hydrogen-bond donors (Lipinski definition) is 0. The van der Waals surface area contributed by atoms with Crippen molar-refractivity contribution in [1.82, 2.24) is 4.90 Å². The molecule has 2 atom stereocenters. The first kappa shape index (κ1) is 14.4. The summed E-state index contributed by atoms with van der Waals surface area (Å²) >= 11 is 0. The fourth-order valence-electron chi connectivity index (χ4n) is 2.84. The van der Waals surface area contributed by atoms with Crippen LogP contribution in [-0.2, 0) is 11.3 Å². The van der Waals surface area contributed by atoms with Gasteiger partial charge in [-0.25, -0.2) is 4.79 Å². The third-order valence-electron chi connectivity index (χ3n) is 3.84. The first-order chi connectivity index (χ1) is 10.8. The van der Waals surface area contributed by atoms with Crippen molar-refractivity contribution in [1.29, 1.82) is 0 Å². The SMILES string of the molecule is C/C=C/[C@H]1OC(=O)N(Cc2ccccc2)[C@@H]1c1ccccc1. The van der Waals surface area contributed by atoms with E-state index in [9.17, 15) is 4.79 Å². The lowest BCUT2D eigenvalue weighted by Gasteiger charge is -2.24. The summed E-state index contributed by atoms with van der Waals surface area (Å²) < 4.78 is 5.55. The second kappa shape index (κ2) is 6.48. The molecule has 1 fully saturated rings. The topological polar surface area (TPSA) is 29.5 Å². The summed E-state index contributed by atoms with van der Waals surface area (Å²) in [5.74, 6) is 0. The van der Waals surface area contributed by atoms with Crippen molar-refractivity contribution in [2.45, 2.75) is 25.6 Å². The van der Waals surface area contributed by atoms with Crippen LogP contribution in [0.1, 0.15) is 24.1 Å². The van der Waals surface area contributed by atoms with Crippen LogP contribution in [0.15, 0.2) is 72.8 Å². The van der Waals surface area contributed by atoms with Crippen LogP contribution in [0.25, 0.3) is 0 Å². The van der Waals surface area contributed by atoms with Crippen LogP contribution in [0, 0.1) is 0 Å². The smallest absolute Gasteiger partial charge is 0.411 e. The molecule has 0 N–H and O–H groups in total. The van der Waals surface area contributed by atoms with Gasteiger partial charge in [0.05, 0.1) is 0 Å². The number of hydrogen-bond acceptors (Lipinski definition) is 2. The van der Waals surface area contributed by atoms with Gasteiger partial charge in [0, 0.05) is 6.54 Å². The van der Waals surface area contributed by atoms with Crippen molar-refractivity contribution < 1.29 is 9.53 Å². The van der Waals surface area contributed by atoms with E-state index in [0.29, 0.717) is 6.54 Å². The average molecular weight is 293 g/mol. The Morgan fingerprint density at radius 1 is 1.05 bits per heavy atom. The number of carbonyl (C=O) groups excluding carboxylic acids is 1. The summed E-state index contributed by atoms with van der Waals surface area (Å²) in [5, 5.41) is 0. The van der Waals surface area contributed by atoms with E-state index in [-0.39, 0.29) is 18.2 Å². The Hall–Kier alpha value is -2.55. The minimum Gasteiger partial charge on any atom is -0.439 e. The molecular weight excluding hydrogens is 274 g/mol. The second-order valence-corrected chi connectivity index (χ2v) is 5.34. The standard InChI is InChI=1S/C19H19NO2/c1-2-9-17-18(16-12-7-4-8-13-16)20(19(21)22-17)14-15-10-5-3-6-11-15/h2-13,17-18H,14H2,1H3/b9-2+/t17-,18-/m1/s1. The molecule has 22 heavy (non-hydrogen) atoms. The normalized spacial score (nSPS) is 21.3. The summed E-state index contributed by atoms with van der Waals surface area (Å²) in [6.45, 7) is 2.49. The number of rotatable bonds is 4. The Morgan fingerprint density at radius 3 is 2.32 bits per heavy atom. The van der Waals surface area contributed by atoms with Crippen molar-refractivity contribution in [2.75, 3.05) is 0 Å². The molecule has 2 aromatic rings. The molecule has 1 aliphatic heterocycles. The van der Waals surface area contributed by atoms with Crippen LogP contribution in [0.5, 0.6) is 0 Å². The minimum atomic E-state index is -0.263. The monoisotopic (exact) mass is 293 g/mol. The summed E-state index contributed by atoms with van der Waals surface area (Å²) in [7, 11) is 0. The summed E-state index contributed by atoms with van der Waals surface area (Å²) in [6, 6.07) is 20.0. The van der Waals surface area contributed by atoms with Gasteiger partial charge in [-0.2, -0.15) is 0 Å². The molecule has 1 aliphatic rings. The highest BCUT2D eigenvalue weighted by Gasteiger charge is 2.41. The highest BCUT2D eigenvalue weighted by Crippen LogP contribution is 2.35. The molecule has 0 aromatic heterocycles. The number of carbonyl (C=O) groups is 1. The molecule has 1 saturated heterocycles. The fraction of sp³-hybridized carbons (Fsp3) is 0.211. The van der Waals surface area contributed by atoms with Crippen molar-refractivity contribution >= 4 is 6.09 Å². The molecule has 0 spiro atoms. The van der Waals surface area contributed by atoms with Gasteiger partial charge in [0.1, 0.15) is 12.1 Å². The van der Waals surface area contributed by atoms with Gasteiger partial charge in [-0.15, -0.1) is 0 Å². The van der Waals surface area contributed by atoms with Crippen LogP contribution >= 0.6 is 0 Å². The average Bonchev–Trinajstić information content (AvgIpc) is 2.85. The van der Waals surface area contributed by atoms with Crippen molar-refractivity contribution in [2.24, 2.45) is 0 Å². The van der Waals surface area contributed by atoms with Crippen LogP contribution in [-0.4, -0.2) is 17.1 Å². The van der Waals surface area contributed by atoms with Gasteiger partial charge in [-0.3, -0.25) is 4.90 Å². The van der Waals surface area contributed by atoms with E-state index in [4.69, 9.17) is 4.74 Å². The third kappa shape index (κ3) is 2.89. The van der Waals surface area contributed by atoms with E-state index in [1.165, 1.54) is 0 Å². The molecule has 0 radical (unpaired) electrons. The van der Waals surface area contributed by atoms with Crippen LogP contribution < -0.4 is 0 Å². The second-order valence-electron chi connectivity index (χ2n) is 5.34. The van der Waals surface area contributed by atoms with Gasteiger partial charge in [-0.05, 0) is 24.1 Å². The lowest BCUT2D eigenvalue weighted by molar-refractivity contribution is 0.144. The maximum atomic E-state index is 12.3. The summed E-state index contributed by atoms with van der Waals surface area (Å²) in [4.78, 5) is 14.1. The Balaban J connectivity index is 1.93. The predicted octanol–water partition coefficient (Wildman–Crippen LogP) is 4.32. The number of allylic oxidation sites excluding steroid dienone is 1. The molecular formula is C19H19NO2. The molecule has 3 rings (SSSR count). The van der Waals surface area contributed by atoms with Crippen molar-refractivity contribution in [3.05, 3.63) is 83.9 Å². The van der Waals surface area contributed by atoms with Gasteiger partial charge < -0.3 is 4.74 Å². The quantitative estimate of drug-likeness (QED) is 0.785. The molecule has 0 bridgehead atoms. The number of nitrogens with zero attached hydrogens (tertiary/aromatic N) is 1. The van der Waals surface area contributed by atoms with Gasteiger partial charge in [0.15, 0.2) is 0 Å². The zero-order chi connectivity index (χ0) is 15.4. The fourth-order valence-corrected chi connectivity index (χ4v) is 2.84. The van der Waals surface area contributed by atoms with Crippen LogP contribution in [0.4, 0.5) is 4.79 Å². The zero-order valence-electron chi connectivity index (χ0n) is 12.6. The van der Waals surface area contributed by atoms with E-state index < -0.39 is 0 Å². The molecule has 1 amide bonds. The molecule has 1 heterocycles. The largest absolute Gasteiger partial charge is 0.439 e. The van der Waals surface area contributed by atoms with E-state index in [2.05, 4.69) is 0 Å². The van der Waals surface area contributed by atoms with Crippen molar-refractivity contribution in [3.63, 3.8) is 0 Å². The van der Waals surface area contributed by atoms with E-state index in [1.54, 1.807) is 4.90 Å². The Morgan fingerprint density at radius 2 is 1.68 bits per heavy atom. The summed E-state index contributed by atoms with van der Waals surface area (Å²) in [5.41, 5.74) is 2.19. The zero-order valence-corrected chi connectivity index (χ0v) is 12.6. The maximum Gasteiger partial charge on any atom is 0.411 e. The number of cyclic esters (lactones) is 1. The highest BCUT2D eigenvalue weighted by atomic mass is 16.6. The van der Waals surface area contributed by atoms with Crippen molar-refractivity contribution in [3.8, 4) is 0 Å². The molecule has 112 valence electrons. The Kier molecular flexibility index (Phi) is 4.24. The van der Waals surface area contributed by atoms with Gasteiger partial charge in [0.25, 0.3) is 0 Å². The number of amides is 1. The van der Waals surface area contributed by atoms with Gasteiger partial charge in [0.2, 0.25) is 0 Å². The van der Waals surface area contributed by atoms with Gasteiger partial charge in [-0.1, -0.05) is 66.7 Å². The van der Waals surface area contributed by atoms with E-state index in [1.807, 2.05) is 79.7 Å².